The summed E-state index contributed by atoms with van der Waals surface area (Å²) in [4.78, 5) is 8.98. The molecular weight excluding hydrogens is 257 g/mol. The monoisotopic (exact) mass is 261 g/mol. The van der Waals surface area contributed by atoms with E-state index in [2.05, 4.69) is 0 Å². The molecular formula is C6H5ClNNaO5S. The van der Waals surface area contributed by atoms with Crippen molar-refractivity contribution in [2.75, 3.05) is 0 Å². The Bertz CT molecular complexity index is 494. The molecule has 0 radical (unpaired) electrons. The summed E-state index contributed by atoms with van der Waals surface area (Å²) in [5.41, 5.74) is -0.345. The Morgan fingerprint density at radius 2 is 2.00 bits per heavy atom. The molecule has 9 heteroatoms. The Hall–Kier alpha value is -0.180. The topological polar surface area (TPSA) is 97.5 Å². The average Bonchev–Trinajstić information content (AvgIpc) is 2.01. The summed E-state index contributed by atoms with van der Waals surface area (Å²) in [5.74, 6) is 0. The van der Waals surface area contributed by atoms with Gasteiger partial charge in [-0.2, -0.15) is 8.42 Å². The maximum Gasteiger partial charge on any atom is 1.00 e. The van der Waals surface area contributed by atoms with E-state index < -0.39 is 19.9 Å². The van der Waals surface area contributed by atoms with Crippen molar-refractivity contribution in [1.82, 2.24) is 0 Å². The van der Waals surface area contributed by atoms with Gasteiger partial charge in [0.1, 0.15) is 4.90 Å². The van der Waals surface area contributed by atoms with E-state index in [1.165, 1.54) is 0 Å². The fourth-order valence-electron chi connectivity index (χ4n) is 0.813. The number of hydrogen-bond acceptors (Lipinski definition) is 4. The molecule has 0 spiro atoms. The Balaban J connectivity index is 0. The Kier molecular flexibility index (Phi) is 5.18. The predicted molar refractivity (Wildman–Crippen MR) is 49.0 cm³/mol. The summed E-state index contributed by atoms with van der Waals surface area (Å²) in [6.45, 7) is 0. The second-order valence-corrected chi connectivity index (χ2v) is 4.14. The van der Waals surface area contributed by atoms with Gasteiger partial charge in [0, 0.05) is 12.1 Å². The second kappa shape index (κ2) is 5.24. The molecule has 0 aliphatic rings. The van der Waals surface area contributed by atoms with Crippen LogP contribution in [-0.4, -0.2) is 17.9 Å². The van der Waals surface area contributed by atoms with Crippen molar-refractivity contribution < 1.29 is 48.9 Å². The minimum atomic E-state index is -4.43. The summed E-state index contributed by atoms with van der Waals surface area (Å²) >= 11 is 5.41. The van der Waals surface area contributed by atoms with E-state index in [0.29, 0.717) is 0 Å². The molecule has 0 unspecified atom stereocenters. The fraction of sp³-hybridized carbons (Fsp3) is 0. The first-order valence-electron chi connectivity index (χ1n) is 3.24. The van der Waals surface area contributed by atoms with Gasteiger partial charge in [-0.15, -0.1) is 0 Å². The number of nitrogens with zero attached hydrogens (tertiary/aromatic N) is 1. The molecule has 0 saturated carbocycles. The number of benzene rings is 1. The molecule has 0 aliphatic carbocycles. The standard InChI is InChI=1S/C6H4ClNO5S.Na.H/c7-5-3-4(8(9)10)1-2-6(5)14(11,12)13;;/h1-3H,(H,11,12,13);;/q;+1;-1. The van der Waals surface area contributed by atoms with Gasteiger partial charge >= 0.3 is 29.6 Å². The van der Waals surface area contributed by atoms with Crippen molar-refractivity contribution in [3.8, 4) is 0 Å². The zero-order valence-electron chi connectivity index (χ0n) is 8.55. The van der Waals surface area contributed by atoms with Crippen LogP contribution in [0.5, 0.6) is 0 Å². The van der Waals surface area contributed by atoms with E-state index in [1.54, 1.807) is 0 Å². The van der Waals surface area contributed by atoms with Gasteiger partial charge in [0.15, 0.2) is 0 Å². The van der Waals surface area contributed by atoms with Gasteiger partial charge in [0.25, 0.3) is 15.8 Å². The third-order valence-corrected chi connectivity index (χ3v) is 2.74. The number of non-ortho nitro benzene ring substituents is 1. The van der Waals surface area contributed by atoms with Gasteiger partial charge < -0.3 is 1.43 Å². The normalized spacial score (nSPS) is 10.5. The summed E-state index contributed by atoms with van der Waals surface area (Å²) in [7, 11) is -4.43. The van der Waals surface area contributed by atoms with Gasteiger partial charge in [-0.1, -0.05) is 11.6 Å². The SMILES string of the molecule is O=[N+]([O-])c1ccc(S(=O)(=O)O)c(Cl)c1.[H-].[Na+]. The minimum absolute atomic E-state index is 0. The van der Waals surface area contributed by atoms with Crippen LogP contribution in [0.25, 0.3) is 0 Å². The number of halogens is 1. The van der Waals surface area contributed by atoms with E-state index in [4.69, 9.17) is 16.2 Å². The molecule has 15 heavy (non-hydrogen) atoms. The molecule has 1 aromatic carbocycles. The second-order valence-electron chi connectivity index (χ2n) is 2.35. The third kappa shape index (κ3) is 3.71. The fourth-order valence-corrected chi connectivity index (χ4v) is 1.83. The van der Waals surface area contributed by atoms with Crippen LogP contribution in [0.1, 0.15) is 1.43 Å². The summed E-state index contributed by atoms with van der Waals surface area (Å²) < 4.78 is 29.9. The average molecular weight is 262 g/mol. The maximum atomic E-state index is 10.6. The molecule has 0 atom stereocenters. The zero-order chi connectivity index (χ0) is 10.9. The van der Waals surface area contributed by atoms with Crippen LogP contribution in [0.15, 0.2) is 23.1 Å². The van der Waals surface area contributed by atoms with Gasteiger partial charge in [-0.3, -0.25) is 14.7 Å². The number of nitro benzene ring substituents is 1. The maximum absolute atomic E-state index is 10.6. The van der Waals surface area contributed by atoms with Crippen LogP contribution in [0.2, 0.25) is 5.02 Å². The number of nitro groups is 1. The summed E-state index contributed by atoms with van der Waals surface area (Å²) in [6.07, 6.45) is 0. The molecule has 1 aromatic rings. The van der Waals surface area contributed by atoms with Crippen LogP contribution in [0.4, 0.5) is 5.69 Å². The molecule has 6 nitrogen and oxygen atoms in total. The van der Waals surface area contributed by atoms with Crippen molar-refractivity contribution in [2.45, 2.75) is 4.90 Å². The van der Waals surface area contributed by atoms with Crippen LogP contribution in [0.3, 0.4) is 0 Å². The molecule has 0 fully saturated rings. The van der Waals surface area contributed by atoms with E-state index in [0.717, 1.165) is 18.2 Å². The molecule has 0 aromatic heterocycles. The minimum Gasteiger partial charge on any atom is -1.00 e. The summed E-state index contributed by atoms with van der Waals surface area (Å²) in [6, 6.07) is 2.66. The number of rotatable bonds is 2. The molecule has 0 bridgehead atoms. The van der Waals surface area contributed by atoms with Crippen LogP contribution >= 0.6 is 11.6 Å². The molecule has 1 rings (SSSR count). The first-order chi connectivity index (χ1) is 6.32. The predicted octanol–water partition coefficient (Wildman–Crippen LogP) is -1.39. The van der Waals surface area contributed by atoms with E-state index in [1.807, 2.05) is 0 Å². The molecule has 1 N–H and O–H groups in total. The van der Waals surface area contributed by atoms with E-state index in [9.17, 15) is 18.5 Å². The van der Waals surface area contributed by atoms with Crippen molar-refractivity contribution in [1.29, 1.82) is 0 Å². The smallest absolute Gasteiger partial charge is 1.00 e. The van der Waals surface area contributed by atoms with Crippen molar-refractivity contribution in [2.24, 2.45) is 0 Å². The van der Waals surface area contributed by atoms with Crippen LogP contribution < -0.4 is 29.6 Å². The van der Waals surface area contributed by atoms with Crippen LogP contribution in [0, 0.1) is 10.1 Å². The first kappa shape index (κ1) is 14.8. The largest absolute Gasteiger partial charge is 1.00 e. The number of hydrogen-bond donors (Lipinski definition) is 1. The molecule has 0 saturated heterocycles. The molecule has 78 valence electrons. The Labute approximate surface area is 114 Å². The zero-order valence-corrected chi connectivity index (χ0v) is 11.1. The molecule has 0 aliphatic heterocycles. The molecule has 0 heterocycles. The van der Waals surface area contributed by atoms with Gasteiger partial charge in [0.05, 0.1) is 9.95 Å². The van der Waals surface area contributed by atoms with E-state index >= 15 is 0 Å². The third-order valence-electron chi connectivity index (χ3n) is 1.40. The Morgan fingerprint density at radius 3 is 2.33 bits per heavy atom. The molecule has 0 amide bonds. The Morgan fingerprint density at radius 1 is 1.47 bits per heavy atom. The van der Waals surface area contributed by atoms with E-state index in [-0.39, 0.29) is 41.7 Å². The van der Waals surface area contributed by atoms with Gasteiger partial charge in [-0.25, -0.2) is 0 Å². The quantitative estimate of drug-likeness (QED) is 0.306. The first-order valence-corrected chi connectivity index (χ1v) is 5.05. The van der Waals surface area contributed by atoms with Gasteiger partial charge in [-0.05, 0) is 6.07 Å². The van der Waals surface area contributed by atoms with Gasteiger partial charge in [0.2, 0.25) is 0 Å². The van der Waals surface area contributed by atoms with Crippen molar-refractivity contribution in [3.63, 3.8) is 0 Å². The van der Waals surface area contributed by atoms with Crippen molar-refractivity contribution in [3.05, 3.63) is 33.3 Å². The van der Waals surface area contributed by atoms with Crippen LogP contribution in [-0.2, 0) is 10.1 Å². The van der Waals surface area contributed by atoms with Crippen molar-refractivity contribution >= 4 is 27.4 Å². The summed E-state index contributed by atoms with van der Waals surface area (Å²) in [5, 5.41) is 9.86.